The summed E-state index contributed by atoms with van der Waals surface area (Å²) in [6.07, 6.45) is 2.69. The number of aromatic amines is 1. The number of H-pyrrole nitrogens is 1. The van der Waals surface area contributed by atoms with Gasteiger partial charge < -0.3 is 4.98 Å². The lowest BCUT2D eigenvalue weighted by molar-refractivity contribution is 0.421. The Morgan fingerprint density at radius 2 is 2.00 bits per heavy atom. The first-order chi connectivity index (χ1) is 8.64. The summed E-state index contributed by atoms with van der Waals surface area (Å²) in [6, 6.07) is 9.51. The molecule has 0 amide bonds. The maximum absolute atomic E-state index is 12.3. The fourth-order valence-corrected chi connectivity index (χ4v) is 3.01. The molecule has 0 spiro atoms. The quantitative estimate of drug-likeness (QED) is 0.893. The molecular formula is C12H15N3O2S. The molecule has 0 aliphatic heterocycles. The molecule has 96 valence electrons. The molecule has 1 N–H and O–H groups in total. The lowest BCUT2D eigenvalue weighted by Crippen LogP contribution is -2.30. The van der Waals surface area contributed by atoms with Crippen LogP contribution in [0.25, 0.3) is 0 Å². The molecule has 0 saturated carbocycles. The van der Waals surface area contributed by atoms with Crippen LogP contribution < -0.4 is 0 Å². The Balaban J connectivity index is 2.25. The van der Waals surface area contributed by atoms with E-state index in [0.29, 0.717) is 13.1 Å². The van der Waals surface area contributed by atoms with Gasteiger partial charge in [-0.3, -0.25) is 0 Å². The molecule has 18 heavy (non-hydrogen) atoms. The highest BCUT2D eigenvalue weighted by molar-refractivity contribution is 7.89. The van der Waals surface area contributed by atoms with Gasteiger partial charge in [-0.15, -0.1) is 0 Å². The Bertz CT molecular complexity index is 579. The van der Waals surface area contributed by atoms with Gasteiger partial charge >= 0.3 is 0 Å². The minimum Gasteiger partial charge on any atom is -0.335 e. The molecule has 0 saturated heterocycles. The van der Waals surface area contributed by atoms with Gasteiger partial charge in [0.15, 0.2) is 5.03 Å². The molecule has 6 heteroatoms. The maximum atomic E-state index is 12.3. The van der Waals surface area contributed by atoms with E-state index in [-0.39, 0.29) is 5.03 Å². The van der Waals surface area contributed by atoms with Gasteiger partial charge in [-0.25, -0.2) is 13.4 Å². The average molecular weight is 265 g/mol. The third kappa shape index (κ3) is 2.60. The molecule has 0 aliphatic rings. The van der Waals surface area contributed by atoms with Crippen molar-refractivity contribution in [3.8, 4) is 0 Å². The molecule has 2 aromatic rings. The number of nitrogens with zero attached hydrogens (tertiary/aromatic N) is 2. The molecular weight excluding hydrogens is 250 g/mol. The molecule has 0 atom stereocenters. The van der Waals surface area contributed by atoms with Crippen LogP contribution in [0.2, 0.25) is 0 Å². The van der Waals surface area contributed by atoms with Crippen molar-refractivity contribution >= 4 is 10.0 Å². The molecule has 1 aromatic carbocycles. The molecule has 0 fully saturated rings. The lowest BCUT2D eigenvalue weighted by Gasteiger charge is -2.19. The summed E-state index contributed by atoms with van der Waals surface area (Å²) in [5, 5.41) is 0.125. The fourth-order valence-electron chi connectivity index (χ4n) is 1.68. The largest absolute Gasteiger partial charge is 0.335 e. The number of sulfonamides is 1. The Morgan fingerprint density at radius 1 is 1.28 bits per heavy atom. The normalized spacial score (nSPS) is 11.9. The van der Waals surface area contributed by atoms with E-state index in [4.69, 9.17) is 0 Å². The van der Waals surface area contributed by atoms with Crippen LogP contribution in [0.15, 0.2) is 47.9 Å². The second-order valence-electron chi connectivity index (χ2n) is 3.83. The van der Waals surface area contributed by atoms with Gasteiger partial charge in [0.05, 0.1) is 12.5 Å². The number of hydrogen-bond acceptors (Lipinski definition) is 3. The molecule has 0 bridgehead atoms. The van der Waals surface area contributed by atoms with Crippen molar-refractivity contribution in [2.45, 2.75) is 18.5 Å². The minimum absolute atomic E-state index is 0.125. The van der Waals surface area contributed by atoms with Gasteiger partial charge in [0.1, 0.15) is 0 Å². The van der Waals surface area contributed by atoms with Crippen LogP contribution in [0.1, 0.15) is 12.5 Å². The van der Waals surface area contributed by atoms with E-state index in [1.165, 1.54) is 16.8 Å². The summed E-state index contributed by atoms with van der Waals surface area (Å²) in [6.45, 7) is 2.59. The summed E-state index contributed by atoms with van der Waals surface area (Å²) in [5.41, 5.74) is 0.961. The number of nitrogens with one attached hydrogen (secondary N) is 1. The third-order valence-corrected chi connectivity index (χ3v) is 4.49. The van der Waals surface area contributed by atoms with Crippen molar-refractivity contribution in [2.24, 2.45) is 0 Å². The van der Waals surface area contributed by atoms with Gasteiger partial charge in [-0.2, -0.15) is 4.31 Å². The zero-order chi connectivity index (χ0) is 13.0. The monoisotopic (exact) mass is 265 g/mol. The van der Waals surface area contributed by atoms with Crippen LogP contribution in [0.5, 0.6) is 0 Å². The van der Waals surface area contributed by atoms with Crippen molar-refractivity contribution < 1.29 is 8.42 Å². The van der Waals surface area contributed by atoms with Gasteiger partial charge in [0.2, 0.25) is 0 Å². The van der Waals surface area contributed by atoms with Crippen LogP contribution >= 0.6 is 0 Å². The van der Waals surface area contributed by atoms with Crippen molar-refractivity contribution in [2.75, 3.05) is 6.54 Å². The van der Waals surface area contributed by atoms with Gasteiger partial charge in [0.25, 0.3) is 10.0 Å². The molecule has 0 aliphatic carbocycles. The zero-order valence-electron chi connectivity index (χ0n) is 10.1. The summed E-state index contributed by atoms with van der Waals surface area (Å²) in [4.78, 5) is 6.39. The molecule has 2 rings (SSSR count). The first-order valence-corrected chi connectivity index (χ1v) is 7.11. The smallest absolute Gasteiger partial charge is 0.260 e. The SMILES string of the molecule is CCN(Cc1ccccc1)S(=O)(=O)c1cnc[nH]1. The summed E-state index contributed by atoms with van der Waals surface area (Å²) in [5.74, 6) is 0. The number of rotatable bonds is 5. The predicted octanol–water partition coefficient (Wildman–Crippen LogP) is 1.62. The van der Waals surface area contributed by atoms with E-state index < -0.39 is 10.0 Å². The van der Waals surface area contributed by atoms with Crippen LogP contribution in [-0.4, -0.2) is 29.2 Å². The second kappa shape index (κ2) is 5.32. The van der Waals surface area contributed by atoms with E-state index in [2.05, 4.69) is 9.97 Å². The maximum Gasteiger partial charge on any atom is 0.260 e. The highest BCUT2D eigenvalue weighted by Gasteiger charge is 2.24. The zero-order valence-corrected chi connectivity index (χ0v) is 10.9. The number of aromatic nitrogens is 2. The van der Waals surface area contributed by atoms with E-state index in [1.54, 1.807) is 0 Å². The van der Waals surface area contributed by atoms with Crippen LogP contribution in [0, 0.1) is 0 Å². The highest BCUT2D eigenvalue weighted by Crippen LogP contribution is 2.15. The summed E-state index contributed by atoms with van der Waals surface area (Å²) in [7, 11) is -3.49. The second-order valence-corrected chi connectivity index (χ2v) is 5.74. The van der Waals surface area contributed by atoms with Gasteiger partial charge in [-0.05, 0) is 5.56 Å². The standard InChI is InChI=1S/C12H15N3O2S/c1-2-15(9-11-6-4-3-5-7-11)18(16,17)12-8-13-10-14-12/h3-8,10H,2,9H2,1H3,(H,13,14). The van der Waals surface area contributed by atoms with Crippen LogP contribution in [0.3, 0.4) is 0 Å². The Hall–Kier alpha value is -1.66. The number of imidazole rings is 1. The van der Waals surface area contributed by atoms with Gasteiger partial charge in [-0.1, -0.05) is 37.3 Å². The topological polar surface area (TPSA) is 66.1 Å². The van der Waals surface area contributed by atoms with E-state index in [1.807, 2.05) is 37.3 Å². The van der Waals surface area contributed by atoms with Crippen LogP contribution in [-0.2, 0) is 16.6 Å². The lowest BCUT2D eigenvalue weighted by atomic mass is 10.2. The average Bonchev–Trinajstić information content (AvgIpc) is 2.91. The summed E-state index contributed by atoms with van der Waals surface area (Å²) < 4.78 is 26.0. The molecule has 1 heterocycles. The van der Waals surface area contributed by atoms with E-state index in [9.17, 15) is 8.42 Å². The van der Waals surface area contributed by atoms with Crippen molar-refractivity contribution in [3.05, 3.63) is 48.4 Å². The van der Waals surface area contributed by atoms with Crippen molar-refractivity contribution in [1.82, 2.24) is 14.3 Å². The van der Waals surface area contributed by atoms with E-state index >= 15 is 0 Å². The molecule has 0 radical (unpaired) electrons. The Kier molecular flexibility index (Phi) is 3.78. The number of hydrogen-bond donors (Lipinski definition) is 1. The number of benzene rings is 1. The highest BCUT2D eigenvalue weighted by atomic mass is 32.2. The Labute approximate surface area is 107 Å². The first-order valence-electron chi connectivity index (χ1n) is 5.67. The summed E-state index contributed by atoms with van der Waals surface area (Å²) >= 11 is 0. The molecule has 5 nitrogen and oxygen atoms in total. The van der Waals surface area contributed by atoms with Crippen molar-refractivity contribution in [3.63, 3.8) is 0 Å². The van der Waals surface area contributed by atoms with Gasteiger partial charge in [0, 0.05) is 13.1 Å². The first kappa shape index (κ1) is 12.8. The van der Waals surface area contributed by atoms with Crippen LogP contribution in [0.4, 0.5) is 0 Å². The molecule has 1 aromatic heterocycles. The van der Waals surface area contributed by atoms with E-state index in [0.717, 1.165) is 5.56 Å². The third-order valence-electron chi connectivity index (χ3n) is 2.65. The molecule has 0 unspecified atom stereocenters. The fraction of sp³-hybridized carbons (Fsp3) is 0.250. The predicted molar refractivity (Wildman–Crippen MR) is 68.3 cm³/mol. The minimum atomic E-state index is -3.49. The van der Waals surface area contributed by atoms with Crippen molar-refractivity contribution in [1.29, 1.82) is 0 Å². The Morgan fingerprint density at radius 3 is 2.56 bits per heavy atom.